The molecule has 3 aromatic carbocycles. The molecule has 1 amide bonds. The van der Waals surface area contributed by atoms with Crippen LogP contribution in [0.1, 0.15) is 15.9 Å². The lowest BCUT2D eigenvalue weighted by molar-refractivity contribution is -0.384. The molecule has 1 aromatic heterocycles. The molecule has 0 bridgehead atoms. The summed E-state index contributed by atoms with van der Waals surface area (Å²) in [5.41, 5.74) is 3.63. The third-order valence-corrected chi connectivity index (χ3v) is 4.43. The van der Waals surface area contributed by atoms with Gasteiger partial charge in [-0.05, 0) is 42.8 Å². The number of rotatable bonds is 4. The number of benzene rings is 3. The van der Waals surface area contributed by atoms with E-state index < -0.39 is 10.8 Å². The predicted octanol–water partition coefficient (Wildman–Crippen LogP) is 4.96. The van der Waals surface area contributed by atoms with Crippen LogP contribution >= 0.6 is 0 Å². The zero-order chi connectivity index (χ0) is 19.7. The van der Waals surface area contributed by atoms with Crippen LogP contribution in [0.25, 0.3) is 22.6 Å². The lowest BCUT2D eigenvalue weighted by atomic mass is 10.1. The van der Waals surface area contributed by atoms with Gasteiger partial charge in [-0.15, -0.1) is 0 Å². The van der Waals surface area contributed by atoms with Crippen LogP contribution < -0.4 is 5.32 Å². The van der Waals surface area contributed by atoms with Gasteiger partial charge in [-0.3, -0.25) is 14.9 Å². The van der Waals surface area contributed by atoms with Crippen molar-refractivity contribution in [2.24, 2.45) is 0 Å². The number of nitrogens with zero attached hydrogens (tertiary/aromatic N) is 2. The highest BCUT2D eigenvalue weighted by Gasteiger charge is 2.16. The Morgan fingerprint density at radius 2 is 1.86 bits per heavy atom. The Bertz CT molecular complexity index is 1180. The molecule has 0 saturated carbocycles. The smallest absolute Gasteiger partial charge is 0.270 e. The number of fused-ring (bicyclic) bond motifs is 1. The Kier molecular flexibility index (Phi) is 4.33. The Balaban J connectivity index is 1.66. The van der Waals surface area contributed by atoms with Gasteiger partial charge in [0, 0.05) is 28.9 Å². The summed E-state index contributed by atoms with van der Waals surface area (Å²) in [6.45, 7) is 1.85. The highest BCUT2D eigenvalue weighted by Crippen LogP contribution is 2.30. The first kappa shape index (κ1) is 17.4. The number of non-ortho nitro benzene ring substituents is 1. The van der Waals surface area contributed by atoms with Crippen molar-refractivity contribution >= 4 is 28.4 Å². The number of carbonyl (C=O) groups excluding carboxylic acids is 1. The first-order valence-corrected chi connectivity index (χ1v) is 8.54. The second kappa shape index (κ2) is 6.96. The van der Waals surface area contributed by atoms with Crippen LogP contribution in [-0.4, -0.2) is 15.8 Å². The molecule has 0 fully saturated rings. The van der Waals surface area contributed by atoms with E-state index in [-0.39, 0.29) is 11.3 Å². The van der Waals surface area contributed by atoms with Gasteiger partial charge >= 0.3 is 0 Å². The van der Waals surface area contributed by atoms with E-state index in [9.17, 15) is 14.9 Å². The molecule has 0 saturated heterocycles. The minimum atomic E-state index is -0.532. The van der Waals surface area contributed by atoms with Crippen molar-refractivity contribution in [3.05, 3.63) is 88.0 Å². The molecule has 0 aliphatic heterocycles. The van der Waals surface area contributed by atoms with Gasteiger partial charge in [0.25, 0.3) is 11.6 Å². The molecule has 28 heavy (non-hydrogen) atoms. The van der Waals surface area contributed by atoms with Crippen LogP contribution in [0.2, 0.25) is 0 Å². The van der Waals surface area contributed by atoms with Crippen molar-refractivity contribution < 1.29 is 14.1 Å². The summed E-state index contributed by atoms with van der Waals surface area (Å²) in [5, 5.41) is 13.7. The highest BCUT2D eigenvalue weighted by atomic mass is 16.6. The number of hydrogen-bond donors (Lipinski definition) is 1. The number of oxazole rings is 1. The molecule has 7 nitrogen and oxygen atoms in total. The Labute approximate surface area is 159 Å². The van der Waals surface area contributed by atoms with Crippen LogP contribution in [0.15, 0.2) is 71.1 Å². The molecule has 0 unspecified atom stereocenters. The van der Waals surface area contributed by atoms with Gasteiger partial charge in [-0.25, -0.2) is 4.98 Å². The van der Waals surface area contributed by atoms with Gasteiger partial charge in [0.15, 0.2) is 5.58 Å². The molecule has 4 aromatic rings. The Morgan fingerprint density at radius 3 is 2.64 bits per heavy atom. The van der Waals surface area contributed by atoms with E-state index in [4.69, 9.17) is 4.42 Å². The van der Waals surface area contributed by atoms with Crippen LogP contribution in [-0.2, 0) is 0 Å². The Morgan fingerprint density at radius 1 is 1.07 bits per heavy atom. The number of nitro benzene ring substituents is 1. The molecular weight excluding hydrogens is 358 g/mol. The van der Waals surface area contributed by atoms with Crippen molar-refractivity contribution in [3.63, 3.8) is 0 Å². The van der Waals surface area contributed by atoms with Crippen LogP contribution in [0.4, 0.5) is 11.4 Å². The van der Waals surface area contributed by atoms with Gasteiger partial charge in [-0.2, -0.15) is 0 Å². The highest BCUT2D eigenvalue weighted by molar-refractivity contribution is 6.05. The number of aromatic nitrogens is 1. The molecule has 4 rings (SSSR count). The van der Waals surface area contributed by atoms with Crippen LogP contribution in [0, 0.1) is 17.0 Å². The topological polar surface area (TPSA) is 98.3 Å². The first-order chi connectivity index (χ1) is 13.5. The molecule has 0 atom stereocenters. The molecule has 0 radical (unpaired) electrons. The van der Waals surface area contributed by atoms with E-state index in [1.807, 2.05) is 37.3 Å². The standard InChI is InChI=1S/C21H15N3O4/c1-13-16(21-23-18-9-2-3-11-19(18)28-21)8-5-10-17(13)22-20(25)14-6-4-7-15(12-14)24(26)27/h2-12H,1H3,(H,22,25). The predicted molar refractivity (Wildman–Crippen MR) is 105 cm³/mol. The van der Waals surface area contributed by atoms with Gasteiger partial charge in [0.05, 0.1) is 4.92 Å². The second-order valence-corrected chi connectivity index (χ2v) is 6.23. The fourth-order valence-electron chi connectivity index (χ4n) is 2.95. The summed E-state index contributed by atoms with van der Waals surface area (Å²) in [6.07, 6.45) is 0. The van der Waals surface area contributed by atoms with Crippen molar-refractivity contribution in [2.45, 2.75) is 6.92 Å². The minimum absolute atomic E-state index is 0.135. The molecule has 138 valence electrons. The largest absolute Gasteiger partial charge is 0.436 e. The number of nitro groups is 1. The number of nitrogens with one attached hydrogen (secondary N) is 1. The SMILES string of the molecule is Cc1c(NC(=O)c2cccc([N+](=O)[O-])c2)cccc1-c1nc2ccccc2o1. The number of carbonyl (C=O) groups is 1. The number of para-hydroxylation sites is 2. The summed E-state index contributed by atoms with van der Waals surface area (Å²) in [4.78, 5) is 27.4. The lowest BCUT2D eigenvalue weighted by Gasteiger charge is -2.11. The summed E-state index contributed by atoms with van der Waals surface area (Å²) >= 11 is 0. The maximum atomic E-state index is 12.6. The monoisotopic (exact) mass is 373 g/mol. The lowest BCUT2D eigenvalue weighted by Crippen LogP contribution is -2.13. The summed E-state index contributed by atoms with van der Waals surface area (Å²) < 4.78 is 5.82. The summed E-state index contributed by atoms with van der Waals surface area (Å²) in [7, 11) is 0. The van der Waals surface area contributed by atoms with E-state index in [1.54, 1.807) is 12.1 Å². The third-order valence-electron chi connectivity index (χ3n) is 4.43. The van der Waals surface area contributed by atoms with E-state index in [2.05, 4.69) is 10.3 Å². The number of amides is 1. The van der Waals surface area contributed by atoms with Crippen LogP contribution in [0.3, 0.4) is 0 Å². The molecule has 0 aliphatic rings. The van der Waals surface area contributed by atoms with Gasteiger partial charge in [0.1, 0.15) is 5.52 Å². The van der Waals surface area contributed by atoms with Gasteiger partial charge < -0.3 is 9.73 Å². The quantitative estimate of drug-likeness (QED) is 0.402. The zero-order valence-electron chi connectivity index (χ0n) is 14.9. The van der Waals surface area contributed by atoms with Gasteiger partial charge in [-0.1, -0.05) is 24.3 Å². The van der Waals surface area contributed by atoms with E-state index in [0.29, 0.717) is 17.2 Å². The fraction of sp³-hybridized carbons (Fsp3) is 0.0476. The molecular formula is C21H15N3O4. The second-order valence-electron chi connectivity index (χ2n) is 6.23. The minimum Gasteiger partial charge on any atom is -0.436 e. The molecule has 0 aliphatic carbocycles. The maximum Gasteiger partial charge on any atom is 0.270 e. The molecule has 1 N–H and O–H groups in total. The molecule has 7 heteroatoms. The van der Waals surface area contributed by atoms with E-state index in [1.165, 1.54) is 24.3 Å². The third kappa shape index (κ3) is 3.21. The molecule has 1 heterocycles. The number of anilines is 1. The van der Waals surface area contributed by atoms with E-state index in [0.717, 1.165) is 16.6 Å². The van der Waals surface area contributed by atoms with Crippen molar-refractivity contribution in [3.8, 4) is 11.5 Å². The first-order valence-electron chi connectivity index (χ1n) is 8.54. The normalized spacial score (nSPS) is 10.8. The average molecular weight is 373 g/mol. The average Bonchev–Trinajstić information content (AvgIpc) is 3.13. The maximum absolute atomic E-state index is 12.6. The van der Waals surface area contributed by atoms with Crippen molar-refractivity contribution in [2.75, 3.05) is 5.32 Å². The summed E-state index contributed by atoms with van der Waals surface area (Å²) in [6, 6.07) is 18.5. The molecule has 0 spiro atoms. The summed E-state index contributed by atoms with van der Waals surface area (Å²) in [5.74, 6) is 0.0339. The number of hydrogen-bond acceptors (Lipinski definition) is 5. The van der Waals surface area contributed by atoms with Crippen molar-refractivity contribution in [1.29, 1.82) is 0 Å². The van der Waals surface area contributed by atoms with Gasteiger partial charge in [0.2, 0.25) is 5.89 Å². The Hall–Kier alpha value is -4.00. The van der Waals surface area contributed by atoms with Crippen molar-refractivity contribution in [1.82, 2.24) is 4.98 Å². The van der Waals surface area contributed by atoms with E-state index >= 15 is 0 Å². The van der Waals surface area contributed by atoms with Crippen LogP contribution in [0.5, 0.6) is 0 Å². The zero-order valence-corrected chi connectivity index (χ0v) is 14.9. The fourth-order valence-corrected chi connectivity index (χ4v) is 2.95.